The molecule has 0 aromatic heterocycles. The predicted molar refractivity (Wildman–Crippen MR) is 54.7 cm³/mol. The Morgan fingerprint density at radius 3 is 3.07 bits per heavy atom. The number of hydrogen-bond acceptors (Lipinski definition) is 2. The Morgan fingerprint density at radius 1 is 1.50 bits per heavy atom. The zero-order chi connectivity index (χ0) is 9.97. The third-order valence-electron chi connectivity index (χ3n) is 2.66. The molecule has 0 saturated carbocycles. The van der Waals surface area contributed by atoms with Crippen LogP contribution in [0.2, 0.25) is 0 Å². The van der Waals surface area contributed by atoms with Gasteiger partial charge in [-0.25, -0.2) is 0 Å². The molecule has 1 amide bonds. The number of rotatable bonds is 3. The highest BCUT2D eigenvalue weighted by atomic mass is 16.1. The van der Waals surface area contributed by atoms with Crippen molar-refractivity contribution in [2.75, 3.05) is 6.54 Å². The van der Waals surface area contributed by atoms with Crippen molar-refractivity contribution in [3.8, 4) is 0 Å². The standard InChI is InChI=1S/C11H14N2O/c12-11(14)7-13-10-6-5-8-3-1-2-4-9(8)10/h1-4,10,13H,5-7H2,(H2,12,14)/t10-/m0/s1. The van der Waals surface area contributed by atoms with Gasteiger partial charge in [0.25, 0.3) is 0 Å². The number of aryl methyl sites for hydroxylation is 1. The van der Waals surface area contributed by atoms with Crippen LogP contribution in [0, 0.1) is 0 Å². The predicted octanol–water partition coefficient (Wildman–Crippen LogP) is 0.749. The largest absolute Gasteiger partial charge is 0.369 e. The third kappa shape index (κ3) is 1.77. The molecule has 0 spiro atoms. The van der Waals surface area contributed by atoms with Crippen LogP contribution in [0.15, 0.2) is 24.3 Å². The van der Waals surface area contributed by atoms with E-state index in [1.807, 2.05) is 6.07 Å². The summed E-state index contributed by atoms with van der Waals surface area (Å²) in [6.07, 6.45) is 2.15. The van der Waals surface area contributed by atoms with Crippen molar-refractivity contribution in [1.29, 1.82) is 0 Å². The highest BCUT2D eigenvalue weighted by Gasteiger charge is 2.21. The summed E-state index contributed by atoms with van der Waals surface area (Å²) < 4.78 is 0. The Kier molecular flexibility index (Phi) is 2.50. The first-order valence-corrected chi connectivity index (χ1v) is 4.87. The lowest BCUT2D eigenvalue weighted by Gasteiger charge is -2.11. The van der Waals surface area contributed by atoms with E-state index in [4.69, 9.17) is 5.73 Å². The van der Waals surface area contributed by atoms with Crippen LogP contribution in [-0.2, 0) is 11.2 Å². The lowest BCUT2D eigenvalue weighted by atomic mass is 10.1. The second-order valence-electron chi connectivity index (χ2n) is 3.64. The molecule has 1 aromatic carbocycles. The van der Waals surface area contributed by atoms with Gasteiger partial charge in [-0.05, 0) is 24.0 Å². The maximum atomic E-state index is 10.6. The first-order valence-electron chi connectivity index (χ1n) is 4.87. The minimum absolute atomic E-state index is 0.263. The number of fused-ring (bicyclic) bond motifs is 1. The molecule has 1 aliphatic carbocycles. The Hall–Kier alpha value is -1.35. The van der Waals surface area contributed by atoms with Gasteiger partial charge in [-0.2, -0.15) is 0 Å². The average Bonchev–Trinajstić information content (AvgIpc) is 2.58. The molecule has 0 bridgehead atoms. The fraction of sp³-hybridized carbons (Fsp3) is 0.364. The second-order valence-corrected chi connectivity index (χ2v) is 3.64. The molecular formula is C11H14N2O. The third-order valence-corrected chi connectivity index (χ3v) is 2.66. The molecule has 0 radical (unpaired) electrons. The van der Waals surface area contributed by atoms with E-state index in [0.29, 0.717) is 6.04 Å². The number of benzene rings is 1. The number of hydrogen-bond donors (Lipinski definition) is 2. The molecule has 0 fully saturated rings. The quantitative estimate of drug-likeness (QED) is 0.739. The average molecular weight is 190 g/mol. The lowest BCUT2D eigenvalue weighted by Crippen LogP contribution is -2.30. The van der Waals surface area contributed by atoms with Crippen LogP contribution in [0.4, 0.5) is 0 Å². The van der Waals surface area contributed by atoms with Gasteiger partial charge in [0.05, 0.1) is 6.54 Å². The van der Waals surface area contributed by atoms with Gasteiger partial charge in [0.1, 0.15) is 0 Å². The van der Waals surface area contributed by atoms with E-state index in [0.717, 1.165) is 12.8 Å². The molecule has 2 rings (SSSR count). The molecular weight excluding hydrogens is 176 g/mol. The maximum Gasteiger partial charge on any atom is 0.231 e. The van der Waals surface area contributed by atoms with E-state index in [-0.39, 0.29) is 12.5 Å². The molecule has 0 unspecified atom stereocenters. The molecule has 74 valence electrons. The second kappa shape index (κ2) is 3.80. The van der Waals surface area contributed by atoms with Gasteiger partial charge in [-0.3, -0.25) is 4.79 Å². The molecule has 3 nitrogen and oxygen atoms in total. The summed E-state index contributed by atoms with van der Waals surface area (Å²) >= 11 is 0. The summed E-state index contributed by atoms with van der Waals surface area (Å²) in [5.74, 6) is -0.297. The van der Waals surface area contributed by atoms with Crippen LogP contribution in [0.1, 0.15) is 23.6 Å². The lowest BCUT2D eigenvalue weighted by molar-refractivity contribution is -0.117. The summed E-state index contributed by atoms with van der Waals surface area (Å²) in [5, 5.41) is 3.16. The smallest absolute Gasteiger partial charge is 0.231 e. The van der Waals surface area contributed by atoms with E-state index in [2.05, 4.69) is 23.5 Å². The first kappa shape index (κ1) is 9.21. The zero-order valence-electron chi connectivity index (χ0n) is 7.99. The minimum atomic E-state index is -0.297. The van der Waals surface area contributed by atoms with Gasteiger partial charge in [0.2, 0.25) is 5.91 Å². The Morgan fingerprint density at radius 2 is 2.29 bits per heavy atom. The van der Waals surface area contributed by atoms with Crippen LogP contribution >= 0.6 is 0 Å². The summed E-state index contributed by atoms with van der Waals surface area (Å²) in [5.41, 5.74) is 7.79. The van der Waals surface area contributed by atoms with Crippen molar-refractivity contribution in [3.05, 3.63) is 35.4 Å². The number of carbonyl (C=O) groups excluding carboxylic acids is 1. The van der Waals surface area contributed by atoms with Gasteiger partial charge < -0.3 is 11.1 Å². The van der Waals surface area contributed by atoms with E-state index < -0.39 is 0 Å². The SMILES string of the molecule is NC(=O)CN[C@H]1CCc2ccccc21. The van der Waals surface area contributed by atoms with Crippen LogP contribution in [0.5, 0.6) is 0 Å². The summed E-state index contributed by atoms with van der Waals surface area (Å²) in [6, 6.07) is 8.64. The first-order chi connectivity index (χ1) is 6.77. The number of nitrogens with two attached hydrogens (primary N) is 1. The summed E-state index contributed by atoms with van der Waals surface area (Å²) in [4.78, 5) is 10.6. The normalized spacial score (nSPS) is 19.3. The highest BCUT2D eigenvalue weighted by molar-refractivity contribution is 5.75. The molecule has 1 aromatic rings. The van der Waals surface area contributed by atoms with E-state index in [1.165, 1.54) is 11.1 Å². The van der Waals surface area contributed by atoms with Crippen molar-refractivity contribution in [2.45, 2.75) is 18.9 Å². The van der Waals surface area contributed by atoms with Gasteiger partial charge in [-0.1, -0.05) is 24.3 Å². The molecule has 0 aliphatic heterocycles. The molecule has 14 heavy (non-hydrogen) atoms. The van der Waals surface area contributed by atoms with E-state index >= 15 is 0 Å². The number of amides is 1. The number of nitrogens with one attached hydrogen (secondary N) is 1. The fourth-order valence-corrected chi connectivity index (χ4v) is 1.99. The van der Waals surface area contributed by atoms with E-state index in [9.17, 15) is 4.79 Å². The minimum Gasteiger partial charge on any atom is -0.369 e. The Balaban J connectivity index is 2.07. The molecule has 1 atom stereocenters. The Bertz CT molecular complexity index is 349. The highest BCUT2D eigenvalue weighted by Crippen LogP contribution is 2.30. The molecule has 1 aliphatic rings. The van der Waals surface area contributed by atoms with Crippen molar-refractivity contribution < 1.29 is 4.79 Å². The monoisotopic (exact) mass is 190 g/mol. The molecule has 0 heterocycles. The molecule has 3 heteroatoms. The summed E-state index contributed by atoms with van der Waals surface area (Å²) in [6.45, 7) is 0.263. The molecule has 0 saturated heterocycles. The number of carbonyl (C=O) groups is 1. The van der Waals surface area contributed by atoms with Gasteiger partial charge in [-0.15, -0.1) is 0 Å². The van der Waals surface area contributed by atoms with Crippen LogP contribution < -0.4 is 11.1 Å². The van der Waals surface area contributed by atoms with Gasteiger partial charge in [0.15, 0.2) is 0 Å². The van der Waals surface area contributed by atoms with Crippen LogP contribution in [0.25, 0.3) is 0 Å². The van der Waals surface area contributed by atoms with Crippen molar-refractivity contribution >= 4 is 5.91 Å². The van der Waals surface area contributed by atoms with Crippen LogP contribution in [0.3, 0.4) is 0 Å². The van der Waals surface area contributed by atoms with Gasteiger partial charge >= 0.3 is 0 Å². The molecule has 3 N–H and O–H groups in total. The van der Waals surface area contributed by atoms with Crippen molar-refractivity contribution in [1.82, 2.24) is 5.32 Å². The Labute approximate surface area is 83.3 Å². The zero-order valence-corrected chi connectivity index (χ0v) is 7.99. The van der Waals surface area contributed by atoms with Crippen LogP contribution in [-0.4, -0.2) is 12.5 Å². The van der Waals surface area contributed by atoms with Crippen molar-refractivity contribution in [2.24, 2.45) is 5.73 Å². The summed E-state index contributed by atoms with van der Waals surface area (Å²) in [7, 11) is 0. The van der Waals surface area contributed by atoms with Crippen molar-refractivity contribution in [3.63, 3.8) is 0 Å². The number of primary amides is 1. The maximum absolute atomic E-state index is 10.6. The fourth-order valence-electron chi connectivity index (χ4n) is 1.99. The van der Waals surface area contributed by atoms with Gasteiger partial charge in [0, 0.05) is 6.04 Å². The van der Waals surface area contributed by atoms with E-state index in [1.54, 1.807) is 0 Å². The topological polar surface area (TPSA) is 55.1 Å².